The molecule has 4 nitrogen and oxygen atoms in total. The molecule has 0 unspecified atom stereocenters. The van der Waals surface area contributed by atoms with E-state index in [-0.39, 0.29) is 6.10 Å². The SMILES string of the molecule is CC(C)Oc1ccc2c(c1)nc(/C=C/c1ccccc1)n2-c1ccccn1. The van der Waals surface area contributed by atoms with Crippen LogP contribution < -0.4 is 4.74 Å². The van der Waals surface area contributed by atoms with E-state index in [2.05, 4.69) is 27.8 Å². The first-order valence-electron chi connectivity index (χ1n) is 9.04. The van der Waals surface area contributed by atoms with Crippen LogP contribution in [-0.4, -0.2) is 20.6 Å². The lowest BCUT2D eigenvalue weighted by Gasteiger charge is -2.09. The first-order chi connectivity index (χ1) is 13.2. The van der Waals surface area contributed by atoms with E-state index in [1.54, 1.807) is 6.20 Å². The molecule has 0 amide bonds. The van der Waals surface area contributed by atoms with Gasteiger partial charge in [-0.2, -0.15) is 0 Å². The summed E-state index contributed by atoms with van der Waals surface area (Å²) in [5.74, 6) is 2.49. The van der Waals surface area contributed by atoms with Gasteiger partial charge in [0.15, 0.2) is 0 Å². The maximum atomic E-state index is 5.82. The predicted molar refractivity (Wildman–Crippen MR) is 110 cm³/mol. The Hall–Kier alpha value is -3.40. The fourth-order valence-electron chi connectivity index (χ4n) is 3.00. The Morgan fingerprint density at radius 1 is 0.926 bits per heavy atom. The lowest BCUT2D eigenvalue weighted by molar-refractivity contribution is 0.242. The van der Waals surface area contributed by atoms with Crippen molar-refractivity contribution in [1.29, 1.82) is 0 Å². The normalized spacial score (nSPS) is 11.5. The summed E-state index contributed by atoms with van der Waals surface area (Å²) in [4.78, 5) is 9.34. The molecule has 0 aliphatic rings. The Bertz CT molecular complexity index is 1070. The van der Waals surface area contributed by atoms with Gasteiger partial charge in [-0.15, -0.1) is 0 Å². The summed E-state index contributed by atoms with van der Waals surface area (Å²) in [7, 11) is 0. The first-order valence-corrected chi connectivity index (χ1v) is 9.04. The van der Waals surface area contributed by atoms with Crippen molar-refractivity contribution in [3.63, 3.8) is 0 Å². The highest BCUT2D eigenvalue weighted by Crippen LogP contribution is 2.26. The van der Waals surface area contributed by atoms with Crippen molar-refractivity contribution >= 4 is 23.2 Å². The third kappa shape index (κ3) is 3.75. The number of aromatic nitrogens is 3. The summed E-state index contributed by atoms with van der Waals surface area (Å²) in [5, 5.41) is 0. The van der Waals surface area contributed by atoms with Gasteiger partial charge >= 0.3 is 0 Å². The molecule has 2 heterocycles. The third-order valence-corrected chi connectivity index (χ3v) is 4.13. The molecular formula is C23H21N3O. The van der Waals surface area contributed by atoms with Crippen LogP contribution in [0.25, 0.3) is 29.0 Å². The minimum Gasteiger partial charge on any atom is -0.491 e. The average molecular weight is 355 g/mol. The second-order valence-electron chi connectivity index (χ2n) is 6.55. The molecule has 4 rings (SSSR count). The number of hydrogen-bond acceptors (Lipinski definition) is 3. The molecule has 0 spiro atoms. The maximum absolute atomic E-state index is 5.82. The summed E-state index contributed by atoms with van der Waals surface area (Å²) < 4.78 is 7.89. The van der Waals surface area contributed by atoms with E-state index in [1.807, 2.05) is 74.5 Å². The lowest BCUT2D eigenvalue weighted by atomic mass is 10.2. The predicted octanol–water partition coefficient (Wildman–Crippen LogP) is 5.38. The van der Waals surface area contributed by atoms with Gasteiger partial charge in [0.1, 0.15) is 17.4 Å². The fourth-order valence-corrected chi connectivity index (χ4v) is 3.00. The monoisotopic (exact) mass is 355 g/mol. The van der Waals surface area contributed by atoms with Gasteiger partial charge in [-0.05, 0) is 49.8 Å². The van der Waals surface area contributed by atoms with Crippen LogP contribution in [0.1, 0.15) is 25.2 Å². The van der Waals surface area contributed by atoms with Crippen molar-refractivity contribution in [3.8, 4) is 11.6 Å². The van der Waals surface area contributed by atoms with Gasteiger partial charge in [-0.25, -0.2) is 9.97 Å². The minimum absolute atomic E-state index is 0.123. The van der Waals surface area contributed by atoms with Crippen LogP contribution in [-0.2, 0) is 0 Å². The number of imidazole rings is 1. The van der Waals surface area contributed by atoms with Crippen molar-refractivity contribution in [2.75, 3.05) is 0 Å². The molecule has 0 atom stereocenters. The molecule has 2 aromatic carbocycles. The lowest BCUT2D eigenvalue weighted by Crippen LogP contribution is -2.05. The molecule has 0 fully saturated rings. The standard InChI is InChI=1S/C23H21N3O/c1-17(2)27-19-12-13-21-20(16-19)25-23(14-11-18-8-4-3-5-9-18)26(21)22-10-6-7-15-24-22/h3-17H,1-2H3/b14-11+. The molecule has 0 saturated carbocycles. The molecule has 0 N–H and O–H groups in total. The molecule has 4 heteroatoms. The Kier molecular flexibility index (Phi) is 4.71. The topological polar surface area (TPSA) is 39.9 Å². The summed E-state index contributed by atoms with van der Waals surface area (Å²) >= 11 is 0. The Labute approximate surface area is 158 Å². The van der Waals surface area contributed by atoms with Crippen molar-refractivity contribution in [2.24, 2.45) is 0 Å². The molecule has 0 aliphatic heterocycles. The number of rotatable bonds is 5. The summed E-state index contributed by atoms with van der Waals surface area (Å²) in [6.45, 7) is 4.04. The largest absolute Gasteiger partial charge is 0.491 e. The molecule has 4 aromatic rings. The van der Waals surface area contributed by atoms with Crippen LogP contribution in [0.5, 0.6) is 5.75 Å². The van der Waals surface area contributed by atoms with E-state index in [0.29, 0.717) is 0 Å². The highest BCUT2D eigenvalue weighted by atomic mass is 16.5. The molecule has 0 bridgehead atoms. The Morgan fingerprint density at radius 3 is 2.48 bits per heavy atom. The second kappa shape index (κ2) is 7.46. The van der Waals surface area contributed by atoms with Gasteiger partial charge in [-0.3, -0.25) is 4.57 Å². The van der Waals surface area contributed by atoms with Gasteiger partial charge in [0.05, 0.1) is 17.1 Å². The second-order valence-corrected chi connectivity index (χ2v) is 6.55. The van der Waals surface area contributed by atoms with E-state index in [0.717, 1.165) is 34.0 Å². The molecule has 0 aliphatic carbocycles. The van der Waals surface area contributed by atoms with Gasteiger partial charge in [-0.1, -0.05) is 42.5 Å². The number of fused-ring (bicyclic) bond motifs is 1. The first kappa shape index (κ1) is 17.0. The van der Waals surface area contributed by atoms with Crippen LogP contribution in [0.4, 0.5) is 0 Å². The van der Waals surface area contributed by atoms with Gasteiger partial charge in [0.2, 0.25) is 0 Å². The summed E-state index contributed by atoms with van der Waals surface area (Å²) in [6, 6.07) is 22.1. The van der Waals surface area contributed by atoms with Crippen LogP contribution in [0.2, 0.25) is 0 Å². The number of benzene rings is 2. The third-order valence-electron chi connectivity index (χ3n) is 4.13. The van der Waals surface area contributed by atoms with Crippen molar-refractivity contribution in [2.45, 2.75) is 20.0 Å². The Balaban J connectivity index is 1.84. The molecule has 0 saturated heterocycles. The summed E-state index contributed by atoms with van der Waals surface area (Å²) in [6.07, 6.45) is 6.00. The molecular weight excluding hydrogens is 334 g/mol. The highest BCUT2D eigenvalue weighted by Gasteiger charge is 2.12. The quantitative estimate of drug-likeness (QED) is 0.483. The molecule has 134 valence electrons. The highest BCUT2D eigenvalue weighted by molar-refractivity contribution is 5.83. The van der Waals surface area contributed by atoms with Crippen molar-refractivity contribution in [3.05, 3.63) is 84.3 Å². The van der Waals surface area contributed by atoms with Crippen molar-refractivity contribution < 1.29 is 4.74 Å². The van der Waals surface area contributed by atoms with Crippen molar-refractivity contribution in [1.82, 2.24) is 14.5 Å². The zero-order chi connectivity index (χ0) is 18.6. The minimum atomic E-state index is 0.123. The zero-order valence-corrected chi connectivity index (χ0v) is 15.4. The number of ether oxygens (including phenoxy) is 1. The smallest absolute Gasteiger partial charge is 0.139 e. The number of hydrogen-bond donors (Lipinski definition) is 0. The Morgan fingerprint density at radius 2 is 1.74 bits per heavy atom. The van der Waals surface area contributed by atoms with Crippen LogP contribution in [0, 0.1) is 0 Å². The number of nitrogens with zero attached hydrogens (tertiary/aromatic N) is 3. The van der Waals surface area contributed by atoms with E-state index in [1.165, 1.54) is 0 Å². The van der Waals surface area contributed by atoms with Gasteiger partial charge in [0.25, 0.3) is 0 Å². The van der Waals surface area contributed by atoms with E-state index < -0.39 is 0 Å². The van der Waals surface area contributed by atoms with Crippen LogP contribution in [0.3, 0.4) is 0 Å². The molecule has 0 radical (unpaired) electrons. The van der Waals surface area contributed by atoms with E-state index >= 15 is 0 Å². The van der Waals surface area contributed by atoms with Gasteiger partial charge in [0, 0.05) is 12.3 Å². The zero-order valence-electron chi connectivity index (χ0n) is 15.4. The molecule has 27 heavy (non-hydrogen) atoms. The van der Waals surface area contributed by atoms with E-state index in [9.17, 15) is 0 Å². The van der Waals surface area contributed by atoms with E-state index in [4.69, 9.17) is 9.72 Å². The summed E-state index contributed by atoms with van der Waals surface area (Å²) in [5.41, 5.74) is 3.00. The fraction of sp³-hybridized carbons (Fsp3) is 0.130. The number of pyridine rings is 1. The van der Waals surface area contributed by atoms with Gasteiger partial charge < -0.3 is 4.74 Å². The van der Waals surface area contributed by atoms with Crippen LogP contribution in [0.15, 0.2) is 72.9 Å². The average Bonchev–Trinajstić information content (AvgIpc) is 3.05. The maximum Gasteiger partial charge on any atom is 0.139 e. The van der Waals surface area contributed by atoms with Crippen LogP contribution >= 0.6 is 0 Å². The molecule has 2 aromatic heterocycles.